The quantitative estimate of drug-likeness (QED) is 0.728. The summed E-state index contributed by atoms with van der Waals surface area (Å²) in [4.78, 5) is 35.1. The molecule has 7 heteroatoms. The van der Waals surface area contributed by atoms with E-state index in [0.717, 1.165) is 0 Å². The van der Waals surface area contributed by atoms with Crippen molar-refractivity contribution in [2.45, 2.75) is 6.42 Å². The molecule has 2 bridgehead atoms. The molecular formula is C14H14N2O4S. The van der Waals surface area contributed by atoms with E-state index >= 15 is 0 Å². The minimum Gasteiger partial charge on any atom is -0.481 e. The lowest BCUT2D eigenvalue weighted by Gasteiger charge is -2.23. The predicted octanol–water partition coefficient (Wildman–Crippen LogP) is 1.31. The Balaban J connectivity index is 1.82. The Morgan fingerprint density at radius 1 is 1.24 bits per heavy atom. The molecule has 0 saturated heterocycles. The van der Waals surface area contributed by atoms with Crippen molar-refractivity contribution in [3.63, 3.8) is 0 Å². The third-order valence-corrected chi connectivity index (χ3v) is 5.04. The highest BCUT2D eigenvalue weighted by molar-refractivity contribution is 7.14. The molecule has 0 radical (unpaired) electrons. The number of carbonyl (C=O) groups is 3. The third-order valence-electron chi connectivity index (χ3n) is 4.21. The van der Waals surface area contributed by atoms with Gasteiger partial charge in [0, 0.05) is 0 Å². The van der Waals surface area contributed by atoms with Gasteiger partial charge >= 0.3 is 5.97 Å². The van der Waals surface area contributed by atoms with E-state index in [-0.39, 0.29) is 23.3 Å². The van der Waals surface area contributed by atoms with E-state index in [1.807, 2.05) is 12.2 Å². The molecule has 1 aromatic rings. The zero-order valence-electron chi connectivity index (χ0n) is 11.0. The van der Waals surface area contributed by atoms with Crippen LogP contribution >= 0.6 is 11.3 Å². The summed E-state index contributed by atoms with van der Waals surface area (Å²) in [6, 6.07) is 1.54. The lowest BCUT2D eigenvalue weighted by molar-refractivity contribution is -0.146. The largest absolute Gasteiger partial charge is 0.481 e. The van der Waals surface area contributed by atoms with Gasteiger partial charge in [0.1, 0.15) is 5.00 Å². The van der Waals surface area contributed by atoms with Gasteiger partial charge in [-0.1, -0.05) is 12.2 Å². The van der Waals surface area contributed by atoms with Gasteiger partial charge in [-0.2, -0.15) is 0 Å². The van der Waals surface area contributed by atoms with Gasteiger partial charge in [0.2, 0.25) is 5.91 Å². The highest BCUT2D eigenvalue weighted by Crippen LogP contribution is 2.48. The predicted molar refractivity (Wildman–Crippen MR) is 76.8 cm³/mol. The van der Waals surface area contributed by atoms with Crippen molar-refractivity contribution in [3.8, 4) is 0 Å². The Kier molecular flexibility index (Phi) is 3.29. The molecule has 4 atom stereocenters. The summed E-state index contributed by atoms with van der Waals surface area (Å²) < 4.78 is 0. The zero-order chi connectivity index (χ0) is 15.1. The van der Waals surface area contributed by atoms with Crippen LogP contribution in [0.25, 0.3) is 0 Å². The van der Waals surface area contributed by atoms with Crippen molar-refractivity contribution in [2.75, 3.05) is 5.32 Å². The van der Waals surface area contributed by atoms with E-state index in [2.05, 4.69) is 5.32 Å². The van der Waals surface area contributed by atoms with Crippen molar-refractivity contribution in [1.82, 2.24) is 0 Å². The summed E-state index contributed by atoms with van der Waals surface area (Å²) in [5.41, 5.74) is 5.48. The van der Waals surface area contributed by atoms with Crippen LogP contribution < -0.4 is 11.1 Å². The van der Waals surface area contributed by atoms with Gasteiger partial charge in [-0.25, -0.2) is 0 Å². The number of carboxylic acid groups (broad SMARTS) is 1. The minimum atomic E-state index is -0.951. The molecule has 2 aliphatic rings. The number of nitrogens with two attached hydrogens (primary N) is 1. The normalized spacial score (nSPS) is 29.5. The first-order chi connectivity index (χ1) is 9.99. The summed E-state index contributed by atoms with van der Waals surface area (Å²) >= 11 is 1.20. The maximum atomic E-state index is 12.4. The van der Waals surface area contributed by atoms with E-state index in [1.165, 1.54) is 17.4 Å². The number of aliphatic carboxylic acids is 1. The number of carboxylic acids is 1. The van der Waals surface area contributed by atoms with E-state index in [4.69, 9.17) is 5.73 Å². The van der Waals surface area contributed by atoms with E-state index < -0.39 is 23.7 Å². The topological polar surface area (TPSA) is 109 Å². The Bertz CT molecular complexity index is 651. The number of nitrogens with one attached hydrogen (secondary N) is 1. The first-order valence-electron chi connectivity index (χ1n) is 6.58. The van der Waals surface area contributed by atoms with Crippen LogP contribution in [-0.4, -0.2) is 22.9 Å². The van der Waals surface area contributed by atoms with Crippen LogP contribution in [0.4, 0.5) is 5.00 Å². The molecule has 2 amide bonds. The molecule has 1 fully saturated rings. The number of primary amides is 1. The Hall–Kier alpha value is -2.15. The average molecular weight is 306 g/mol. The van der Waals surface area contributed by atoms with Gasteiger partial charge in [-0.05, 0) is 29.7 Å². The lowest BCUT2D eigenvalue weighted by Crippen LogP contribution is -2.36. The summed E-state index contributed by atoms with van der Waals surface area (Å²) in [5, 5.41) is 14.0. The molecule has 1 saturated carbocycles. The molecule has 110 valence electrons. The van der Waals surface area contributed by atoms with Crippen molar-refractivity contribution < 1.29 is 19.5 Å². The van der Waals surface area contributed by atoms with Crippen LogP contribution in [-0.2, 0) is 9.59 Å². The Morgan fingerprint density at radius 3 is 2.52 bits per heavy atom. The van der Waals surface area contributed by atoms with E-state index in [9.17, 15) is 19.5 Å². The van der Waals surface area contributed by atoms with Gasteiger partial charge in [-0.3, -0.25) is 14.4 Å². The molecule has 4 N–H and O–H groups in total. The summed E-state index contributed by atoms with van der Waals surface area (Å²) in [5.74, 6) is -3.35. The summed E-state index contributed by atoms with van der Waals surface area (Å²) in [6.45, 7) is 0. The maximum Gasteiger partial charge on any atom is 0.307 e. The van der Waals surface area contributed by atoms with Gasteiger partial charge in [-0.15, -0.1) is 11.3 Å². The molecule has 21 heavy (non-hydrogen) atoms. The number of allylic oxidation sites excluding steroid dienone is 2. The minimum absolute atomic E-state index is 0.0481. The summed E-state index contributed by atoms with van der Waals surface area (Å²) in [6.07, 6.45) is 4.49. The van der Waals surface area contributed by atoms with Crippen LogP contribution in [0.1, 0.15) is 16.8 Å². The number of amides is 2. The van der Waals surface area contributed by atoms with Crippen LogP contribution in [0.15, 0.2) is 23.6 Å². The smallest absolute Gasteiger partial charge is 0.307 e. The number of carbonyl (C=O) groups excluding carboxylic acids is 2. The fourth-order valence-corrected chi connectivity index (χ4v) is 4.11. The van der Waals surface area contributed by atoms with Crippen molar-refractivity contribution in [2.24, 2.45) is 29.4 Å². The Labute approximate surface area is 124 Å². The van der Waals surface area contributed by atoms with Crippen LogP contribution in [0.2, 0.25) is 0 Å². The van der Waals surface area contributed by atoms with Gasteiger partial charge < -0.3 is 16.2 Å². The fraction of sp³-hybridized carbons (Fsp3) is 0.357. The van der Waals surface area contributed by atoms with Gasteiger partial charge in [0.05, 0.1) is 17.4 Å². The molecule has 1 aromatic heterocycles. The number of rotatable bonds is 4. The number of anilines is 1. The molecule has 0 unspecified atom stereocenters. The van der Waals surface area contributed by atoms with Crippen molar-refractivity contribution in [3.05, 3.63) is 29.2 Å². The number of hydrogen-bond acceptors (Lipinski definition) is 4. The first-order valence-corrected chi connectivity index (χ1v) is 7.46. The molecule has 6 nitrogen and oxygen atoms in total. The molecular weight excluding hydrogens is 292 g/mol. The van der Waals surface area contributed by atoms with Crippen LogP contribution in [0.3, 0.4) is 0 Å². The third kappa shape index (κ3) is 2.23. The maximum absolute atomic E-state index is 12.4. The number of fused-ring (bicyclic) bond motifs is 2. The molecule has 2 aliphatic carbocycles. The van der Waals surface area contributed by atoms with Crippen LogP contribution in [0.5, 0.6) is 0 Å². The number of hydrogen-bond donors (Lipinski definition) is 3. The zero-order valence-corrected chi connectivity index (χ0v) is 11.8. The fourth-order valence-electron chi connectivity index (χ4n) is 3.31. The SMILES string of the molecule is NC(=O)c1ccsc1NC(=O)[C@H]1[C@H](C(=O)O)[C@H]2C=C[C@H]1C2. The molecule has 0 aliphatic heterocycles. The summed E-state index contributed by atoms with van der Waals surface area (Å²) in [7, 11) is 0. The first kappa shape index (κ1) is 13.8. The van der Waals surface area contributed by atoms with E-state index in [0.29, 0.717) is 11.4 Å². The molecule has 0 aromatic carbocycles. The van der Waals surface area contributed by atoms with Crippen LogP contribution in [0, 0.1) is 23.7 Å². The highest BCUT2D eigenvalue weighted by Gasteiger charge is 2.51. The lowest BCUT2D eigenvalue weighted by atomic mass is 9.82. The van der Waals surface area contributed by atoms with Crippen molar-refractivity contribution in [1.29, 1.82) is 0 Å². The second kappa shape index (κ2) is 5.00. The Morgan fingerprint density at radius 2 is 1.90 bits per heavy atom. The van der Waals surface area contributed by atoms with Crippen molar-refractivity contribution >= 4 is 34.1 Å². The average Bonchev–Trinajstić information content (AvgIpc) is 3.11. The molecule has 3 rings (SSSR count). The van der Waals surface area contributed by atoms with Gasteiger partial charge in [0.15, 0.2) is 0 Å². The van der Waals surface area contributed by atoms with E-state index in [1.54, 1.807) is 5.38 Å². The second-order valence-electron chi connectivity index (χ2n) is 5.36. The van der Waals surface area contributed by atoms with Gasteiger partial charge in [0.25, 0.3) is 5.91 Å². The second-order valence-corrected chi connectivity index (χ2v) is 6.27. The molecule has 1 heterocycles. The standard InChI is InChI=1S/C14H14N2O4S/c15-11(17)8-3-4-21-13(8)16-12(18)9-6-1-2-7(5-6)10(9)14(19)20/h1-4,6-7,9-10H,5H2,(H2,15,17)(H,16,18)(H,19,20)/t6-,7-,9+,10+/m0/s1. The number of thiophene rings is 1. The monoisotopic (exact) mass is 306 g/mol. The molecule has 0 spiro atoms. The highest BCUT2D eigenvalue weighted by atomic mass is 32.1.